The third-order valence-electron chi connectivity index (χ3n) is 2.48. The number of hydrogen-bond donors (Lipinski definition) is 2. The van der Waals surface area contributed by atoms with E-state index in [0.717, 1.165) is 11.1 Å². The standard InChI is InChI=1S/C13H13NO/c1-9(15)10-6-7-13(14)12-5-3-2-4-11(12)8-10/h2-8,13,15H,1,14H2. The minimum Gasteiger partial charge on any atom is -0.508 e. The zero-order valence-corrected chi connectivity index (χ0v) is 8.35. The van der Waals surface area contributed by atoms with Gasteiger partial charge < -0.3 is 10.8 Å². The van der Waals surface area contributed by atoms with Gasteiger partial charge in [0.1, 0.15) is 5.76 Å². The van der Waals surface area contributed by atoms with E-state index in [0.29, 0.717) is 5.57 Å². The van der Waals surface area contributed by atoms with E-state index in [9.17, 15) is 5.11 Å². The highest BCUT2D eigenvalue weighted by Crippen LogP contribution is 2.25. The maximum absolute atomic E-state index is 9.36. The summed E-state index contributed by atoms with van der Waals surface area (Å²) in [5, 5.41) is 9.36. The molecule has 0 aliphatic heterocycles. The third kappa shape index (κ3) is 1.85. The third-order valence-corrected chi connectivity index (χ3v) is 2.48. The van der Waals surface area contributed by atoms with E-state index in [1.807, 2.05) is 36.4 Å². The van der Waals surface area contributed by atoms with Crippen molar-refractivity contribution >= 4 is 6.08 Å². The van der Waals surface area contributed by atoms with Gasteiger partial charge in [0.2, 0.25) is 0 Å². The van der Waals surface area contributed by atoms with Gasteiger partial charge in [0.05, 0.1) is 0 Å². The number of aliphatic hydroxyl groups excluding tert-OH is 1. The van der Waals surface area contributed by atoms with Gasteiger partial charge in [-0.05, 0) is 17.2 Å². The normalized spacial score (nSPS) is 19.0. The van der Waals surface area contributed by atoms with Gasteiger partial charge in [-0.2, -0.15) is 0 Å². The van der Waals surface area contributed by atoms with Gasteiger partial charge in [-0.25, -0.2) is 0 Å². The lowest BCUT2D eigenvalue weighted by Crippen LogP contribution is -2.07. The highest BCUT2D eigenvalue weighted by atomic mass is 16.3. The number of hydrogen-bond acceptors (Lipinski definition) is 2. The first-order valence-electron chi connectivity index (χ1n) is 4.81. The Morgan fingerprint density at radius 2 is 2.07 bits per heavy atom. The van der Waals surface area contributed by atoms with Crippen molar-refractivity contribution in [3.63, 3.8) is 0 Å². The fraction of sp³-hybridized carbons (Fsp3) is 0.0769. The van der Waals surface area contributed by atoms with Gasteiger partial charge >= 0.3 is 0 Å². The van der Waals surface area contributed by atoms with Crippen LogP contribution in [0.2, 0.25) is 0 Å². The second kappa shape index (κ2) is 3.75. The fourth-order valence-electron chi connectivity index (χ4n) is 1.65. The summed E-state index contributed by atoms with van der Waals surface area (Å²) in [6.07, 6.45) is 5.55. The predicted octanol–water partition coefficient (Wildman–Crippen LogP) is 2.71. The summed E-state index contributed by atoms with van der Waals surface area (Å²) in [6.45, 7) is 3.51. The van der Waals surface area contributed by atoms with Gasteiger partial charge in [0, 0.05) is 11.6 Å². The molecule has 1 aliphatic rings. The highest BCUT2D eigenvalue weighted by Gasteiger charge is 2.11. The van der Waals surface area contributed by atoms with E-state index in [-0.39, 0.29) is 11.8 Å². The number of fused-ring (bicyclic) bond motifs is 1. The molecule has 0 spiro atoms. The lowest BCUT2D eigenvalue weighted by molar-refractivity contribution is 0.430. The molecule has 2 rings (SSSR count). The molecule has 76 valence electrons. The van der Waals surface area contributed by atoms with Crippen molar-refractivity contribution in [2.24, 2.45) is 5.73 Å². The average molecular weight is 199 g/mol. The fourth-order valence-corrected chi connectivity index (χ4v) is 1.65. The maximum Gasteiger partial charge on any atom is 0.115 e. The van der Waals surface area contributed by atoms with Crippen LogP contribution in [-0.2, 0) is 0 Å². The van der Waals surface area contributed by atoms with Crippen molar-refractivity contribution in [2.75, 3.05) is 0 Å². The molecule has 0 amide bonds. The van der Waals surface area contributed by atoms with Crippen LogP contribution in [0, 0.1) is 0 Å². The van der Waals surface area contributed by atoms with Crippen molar-refractivity contribution in [1.29, 1.82) is 0 Å². The van der Waals surface area contributed by atoms with Crippen LogP contribution >= 0.6 is 0 Å². The molecule has 0 heterocycles. The summed E-state index contributed by atoms with van der Waals surface area (Å²) < 4.78 is 0. The van der Waals surface area contributed by atoms with Crippen LogP contribution in [0.25, 0.3) is 6.08 Å². The van der Waals surface area contributed by atoms with E-state index in [1.165, 1.54) is 0 Å². The highest BCUT2D eigenvalue weighted by molar-refractivity contribution is 5.65. The van der Waals surface area contributed by atoms with Crippen LogP contribution < -0.4 is 5.73 Å². The van der Waals surface area contributed by atoms with Crippen LogP contribution in [0.4, 0.5) is 0 Å². The van der Waals surface area contributed by atoms with Gasteiger partial charge in [0.25, 0.3) is 0 Å². The monoisotopic (exact) mass is 199 g/mol. The number of allylic oxidation sites excluding steroid dienone is 1. The first kappa shape index (κ1) is 9.74. The zero-order chi connectivity index (χ0) is 10.8. The minimum atomic E-state index is -0.130. The molecule has 15 heavy (non-hydrogen) atoms. The van der Waals surface area contributed by atoms with Crippen LogP contribution in [0.1, 0.15) is 17.2 Å². The van der Waals surface area contributed by atoms with E-state index in [1.54, 1.807) is 6.08 Å². The van der Waals surface area contributed by atoms with Crippen LogP contribution in [0.5, 0.6) is 0 Å². The Kier molecular flexibility index (Phi) is 2.44. The molecule has 0 bridgehead atoms. The van der Waals surface area contributed by atoms with Crippen molar-refractivity contribution in [1.82, 2.24) is 0 Å². The molecule has 1 aromatic carbocycles. The summed E-state index contributed by atoms with van der Waals surface area (Å²) in [4.78, 5) is 0. The van der Waals surface area contributed by atoms with Gasteiger partial charge in [0.15, 0.2) is 0 Å². The van der Waals surface area contributed by atoms with E-state index >= 15 is 0 Å². The molecule has 2 heteroatoms. The Balaban J connectivity index is 2.57. The van der Waals surface area contributed by atoms with Gasteiger partial charge in [-0.15, -0.1) is 0 Å². The lowest BCUT2D eigenvalue weighted by Gasteiger charge is -2.08. The topological polar surface area (TPSA) is 46.2 Å². The number of benzene rings is 1. The Bertz CT molecular complexity index is 457. The van der Waals surface area contributed by atoms with Gasteiger partial charge in [-0.1, -0.05) is 43.0 Å². The van der Waals surface area contributed by atoms with Gasteiger partial charge in [-0.3, -0.25) is 0 Å². The summed E-state index contributed by atoms with van der Waals surface area (Å²) >= 11 is 0. The Morgan fingerprint density at radius 3 is 2.80 bits per heavy atom. The second-order valence-electron chi connectivity index (χ2n) is 3.56. The second-order valence-corrected chi connectivity index (χ2v) is 3.56. The smallest absolute Gasteiger partial charge is 0.115 e. The molecule has 3 N–H and O–H groups in total. The summed E-state index contributed by atoms with van der Waals surface area (Å²) in [6, 6.07) is 7.74. The SMILES string of the molecule is C=C(O)C1=Cc2ccccc2C(N)C=C1. The molecule has 0 saturated carbocycles. The molecule has 0 aromatic heterocycles. The summed E-state index contributed by atoms with van der Waals surface area (Å²) in [5.41, 5.74) is 8.77. The van der Waals surface area contributed by atoms with Crippen molar-refractivity contribution in [2.45, 2.75) is 6.04 Å². The summed E-state index contributed by atoms with van der Waals surface area (Å²) in [5.74, 6) is 0.0650. The molecule has 0 radical (unpaired) electrons. The Hall–Kier alpha value is -1.80. The van der Waals surface area contributed by atoms with Crippen LogP contribution in [-0.4, -0.2) is 5.11 Å². The lowest BCUT2D eigenvalue weighted by atomic mass is 10.0. The Labute approximate surface area is 89.0 Å². The van der Waals surface area contributed by atoms with E-state index in [4.69, 9.17) is 5.73 Å². The number of nitrogens with two attached hydrogens (primary N) is 1. The Morgan fingerprint density at radius 1 is 1.33 bits per heavy atom. The largest absolute Gasteiger partial charge is 0.508 e. The molecule has 1 aromatic rings. The van der Waals surface area contributed by atoms with Crippen molar-refractivity contribution in [3.8, 4) is 0 Å². The number of aliphatic hydroxyl groups is 1. The molecule has 1 aliphatic carbocycles. The van der Waals surface area contributed by atoms with Crippen molar-refractivity contribution in [3.05, 3.63) is 65.5 Å². The average Bonchev–Trinajstić information content (AvgIpc) is 2.39. The molecule has 0 fully saturated rings. The molecule has 2 nitrogen and oxygen atoms in total. The van der Waals surface area contributed by atoms with E-state index in [2.05, 4.69) is 6.58 Å². The maximum atomic E-state index is 9.36. The first-order valence-corrected chi connectivity index (χ1v) is 4.81. The van der Waals surface area contributed by atoms with Crippen LogP contribution in [0.3, 0.4) is 0 Å². The summed E-state index contributed by atoms with van der Waals surface area (Å²) in [7, 11) is 0. The molecular weight excluding hydrogens is 186 g/mol. The quantitative estimate of drug-likeness (QED) is 0.683. The molecular formula is C13H13NO. The molecule has 1 atom stereocenters. The van der Waals surface area contributed by atoms with Crippen molar-refractivity contribution < 1.29 is 5.11 Å². The molecule has 1 unspecified atom stereocenters. The minimum absolute atomic E-state index is 0.0650. The number of rotatable bonds is 1. The first-order chi connectivity index (χ1) is 7.18. The van der Waals surface area contributed by atoms with E-state index < -0.39 is 0 Å². The molecule has 0 saturated heterocycles. The predicted molar refractivity (Wildman–Crippen MR) is 62.3 cm³/mol. The van der Waals surface area contributed by atoms with Crippen LogP contribution in [0.15, 0.2) is 54.3 Å². The zero-order valence-electron chi connectivity index (χ0n) is 8.35.